The number of hydrogen-bond acceptors (Lipinski definition) is 4. The molecule has 0 spiro atoms. The van der Waals surface area contributed by atoms with E-state index in [-0.39, 0.29) is 34.6 Å². The molecule has 0 radical (unpaired) electrons. The zero-order valence-electron chi connectivity index (χ0n) is 20.9. The largest absolute Gasteiger partial charge is 0.417 e. The number of alkyl halides is 3. The molecule has 3 N–H and O–H groups in total. The van der Waals surface area contributed by atoms with E-state index in [2.05, 4.69) is 10.2 Å². The number of likely N-dealkylation sites (N-methyl/N-ethyl adjacent to an activating group) is 1. The van der Waals surface area contributed by atoms with E-state index in [0.717, 1.165) is 24.3 Å². The highest BCUT2D eigenvalue weighted by atomic mass is 19.4. The minimum absolute atomic E-state index is 0.0319. The summed E-state index contributed by atoms with van der Waals surface area (Å²) < 4.78 is 83.8. The van der Waals surface area contributed by atoms with E-state index >= 15 is 4.39 Å². The topological polar surface area (TPSA) is 78.7 Å². The smallest absolute Gasteiger partial charge is 0.367 e. The van der Waals surface area contributed by atoms with Gasteiger partial charge in [-0.25, -0.2) is 13.2 Å². The maximum Gasteiger partial charge on any atom is 0.417 e. The van der Waals surface area contributed by atoms with Gasteiger partial charge in [-0.2, -0.15) is 13.2 Å². The second-order valence-corrected chi connectivity index (χ2v) is 9.33. The third-order valence-electron chi connectivity index (χ3n) is 6.71. The molecule has 0 aromatic heterocycles. The van der Waals surface area contributed by atoms with Crippen molar-refractivity contribution in [2.24, 2.45) is 5.73 Å². The Balaban J connectivity index is 1.83. The fourth-order valence-electron chi connectivity index (χ4n) is 4.43. The van der Waals surface area contributed by atoms with E-state index in [4.69, 9.17) is 5.73 Å². The summed E-state index contributed by atoms with van der Waals surface area (Å²) >= 11 is 0. The molecule has 6 nitrogen and oxygen atoms in total. The molecule has 39 heavy (non-hydrogen) atoms. The summed E-state index contributed by atoms with van der Waals surface area (Å²) in [5.41, 5.74) is 2.48. The highest BCUT2D eigenvalue weighted by Crippen LogP contribution is 2.37. The van der Waals surface area contributed by atoms with Gasteiger partial charge in [0.15, 0.2) is 0 Å². The first kappa shape index (κ1) is 28.0. The number of nitrogens with two attached hydrogens (primary N) is 1. The second-order valence-electron chi connectivity index (χ2n) is 9.33. The predicted octanol–water partition coefficient (Wildman–Crippen LogP) is 5.28. The molecule has 1 heterocycles. The molecule has 1 aliphatic rings. The molecule has 0 aliphatic carbocycles. The number of halogens is 6. The van der Waals surface area contributed by atoms with Crippen molar-refractivity contribution in [2.75, 3.05) is 36.9 Å². The second kappa shape index (κ2) is 10.6. The number of nitrogens with zero attached hydrogens (tertiary/aromatic N) is 2. The van der Waals surface area contributed by atoms with Gasteiger partial charge in [0.1, 0.15) is 17.5 Å². The number of anilines is 2. The van der Waals surface area contributed by atoms with E-state index in [9.17, 15) is 31.5 Å². The van der Waals surface area contributed by atoms with Crippen LogP contribution in [-0.4, -0.2) is 49.4 Å². The fourth-order valence-corrected chi connectivity index (χ4v) is 4.43. The van der Waals surface area contributed by atoms with E-state index < -0.39 is 52.1 Å². The number of rotatable bonds is 5. The summed E-state index contributed by atoms with van der Waals surface area (Å²) in [6.07, 6.45) is -5.02. The summed E-state index contributed by atoms with van der Waals surface area (Å²) in [5, 5.41) is 2.42. The number of nitrogens with one attached hydrogen (secondary N) is 1. The van der Waals surface area contributed by atoms with Crippen molar-refractivity contribution in [3.05, 3.63) is 82.7 Å². The van der Waals surface area contributed by atoms with Crippen molar-refractivity contribution in [1.29, 1.82) is 0 Å². The van der Waals surface area contributed by atoms with Crippen molar-refractivity contribution in [3.63, 3.8) is 0 Å². The first-order chi connectivity index (χ1) is 18.3. The van der Waals surface area contributed by atoms with E-state index in [1.165, 1.54) is 12.1 Å². The van der Waals surface area contributed by atoms with Crippen molar-refractivity contribution in [3.8, 4) is 11.1 Å². The minimum atomic E-state index is -5.02. The number of benzene rings is 3. The number of carbonyl (C=O) groups excluding carboxylic acids is 2. The van der Waals surface area contributed by atoms with Crippen LogP contribution in [0.15, 0.2) is 48.5 Å². The third kappa shape index (κ3) is 5.85. The fraction of sp³-hybridized carbons (Fsp3) is 0.259. The van der Waals surface area contributed by atoms with Crippen LogP contribution in [0, 0.1) is 17.5 Å². The zero-order chi connectivity index (χ0) is 28.6. The Morgan fingerprint density at radius 2 is 1.67 bits per heavy atom. The monoisotopic (exact) mass is 550 g/mol. The lowest BCUT2D eigenvalue weighted by molar-refractivity contribution is -0.138. The van der Waals surface area contributed by atoms with Gasteiger partial charge in [0, 0.05) is 31.2 Å². The van der Waals surface area contributed by atoms with Crippen LogP contribution in [0.1, 0.15) is 33.2 Å². The first-order valence-electron chi connectivity index (χ1n) is 11.8. The Bertz CT molecular complexity index is 1440. The van der Waals surface area contributed by atoms with Gasteiger partial charge in [-0.05, 0) is 62.0 Å². The average Bonchev–Trinajstić information content (AvgIpc) is 2.86. The molecular formula is C27H24F6N4O2. The van der Waals surface area contributed by atoms with E-state index in [0.29, 0.717) is 25.7 Å². The summed E-state index contributed by atoms with van der Waals surface area (Å²) in [6.45, 7) is 3.38. The average molecular weight is 551 g/mol. The van der Waals surface area contributed by atoms with Gasteiger partial charge in [0.05, 0.1) is 28.1 Å². The third-order valence-corrected chi connectivity index (χ3v) is 6.71. The quantitative estimate of drug-likeness (QED) is 0.424. The maximum absolute atomic E-state index is 15.5. The molecule has 206 valence electrons. The van der Waals surface area contributed by atoms with Crippen LogP contribution >= 0.6 is 0 Å². The molecule has 1 aliphatic heterocycles. The van der Waals surface area contributed by atoms with Gasteiger partial charge in [-0.3, -0.25) is 9.59 Å². The maximum atomic E-state index is 15.5. The summed E-state index contributed by atoms with van der Waals surface area (Å²) in [6, 6.07) is 7.18. The predicted molar refractivity (Wildman–Crippen MR) is 134 cm³/mol. The van der Waals surface area contributed by atoms with Crippen LogP contribution < -0.4 is 16.0 Å². The molecule has 3 aromatic rings. The van der Waals surface area contributed by atoms with E-state index in [1.54, 1.807) is 4.90 Å². The molecule has 12 heteroatoms. The lowest BCUT2D eigenvalue weighted by Gasteiger charge is -2.39. The van der Waals surface area contributed by atoms with Gasteiger partial charge in [-0.15, -0.1) is 0 Å². The number of piperazine rings is 1. The van der Waals surface area contributed by atoms with Crippen LogP contribution in [0.5, 0.6) is 0 Å². The number of primary amides is 1. The molecule has 3 aromatic carbocycles. The van der Waals surface area contributed by atoms with Crippen LogP contribution in [0.25, 0.3) is 11.1 Å². The van der Waals surface area contributed by atoms with Crippen molar-refractivity contribution in [2.45, 2.75) is 19.1 Å². The zero-order valence-corrected chi connectivity index (χ0v) is 20.9. The molecule has 4 rings (SSSR count). The van der Waals surface area contributed by atoms with Crippen molar-refractivity contribution >= 4 is 23.2 Å². The van der Waals surface area contributed by atoms with Gasteiger partial charge in [0.2, 0.25) is 0 Å². The Kier molecular flexibility index (Phi) is 7.60. The molecule has 1 saturated heterocycles. The van der Waals surface area contributed by atoms with Crippen LogP contribution in [0.2, 0.25) is 0 Å². The molecule has 2 amide bonds. The molecule has 1 unspecified atom stereocenters. The Hall–Kier alpha value is -4.06. The van der Waals surface area contributed by atoms with Gasteiger partial charge in [-0.1, -0.05) is 6.07 Å². The minimum Gasteiger partial charge on any atom is -0.367 e. The molecule has 0 saturated carbocycles. The number of carbonyl (C=O) groups is 2. The number of hydrogen-bond donors (Lipinski definition) is 2. The lowest BCUT2D eigenvalue weighted by Crippen LogP contribution is -2.50. The van der Waals surface area contributed by atoms with Gasteiger partial charge in [0.25, 0.3) is 11.8 Å². The Morgan fingerprint density at radius 1 is 0.949 bits per heavy atom. The van der Waals surface area contributed by atoms with E-state index in [1.807, 2.05) is 14.0 Å². The molecule has 0 bridgehead atoms. The van der Waals surface area contributed by atoms with Crippen molar-refractivity contribution < 1.29 is 35.9 Å². The Morgan fingerprint density at radius 3 is 2.31 bits per heavy atom. The van der Waals surface area contributed by atoms with Crippen molar-refractivity contribution in [1.82, 2.24) is 4.90 Å². The molecule has 1 fully saturated rings. The van der Waals surface area contributed by atoms with Gasteiger partial charge >= 0.3 is 6.18 Å². The highest BCUT2D eigenvalue weighted by Gasteiger charge is 2.36. The first-order valence-corrected chi connectivity index (χ1v) is 11.8. The highest BCUT2D eigenvalue weighted by molar-refractivity contribution is 6.07. The van der Waals surface area contributed by atoms with Crippen LogP contribution in [0.4, 0.5) is 37.7 Å². The summed E-state index contributed by atoms with van der Waals surface area (Å²) in [7, 11) is 1.91. The standard InChI is InChI=1S/C27H24F6N4O2/c1-14-13-37(8-7-36(14)2)24-12-22(30)18(15-3-6-21(29)19(9-15)25(34)38)11-23(24)35-26(39)17-5-4-16(28)10-20(17)27(31,32)33/h3-6,9-12,14H,7-8,13H2,1-2H3,(H2,34,38)(H,35,39). The normalized spacial score (nSPS) is 16.3. The SMILES string of the molecule is CC1CN(c2cc(F)c(-c3ccc(F)c(C(N)=O)c3)cc2NC(=O)c2ccc(F)cc2C(F)(F)F)CCN1C. The molecule has 1 atom stereocenters. The number of amides is 2. The summed E-state index contributed by atoms with van der Waals surface area (Å²) in [4.78, 5) is 28.6. The summed E-state index contributed by atoms with van der Waals surface area (Å²) in [5.74, 6) is -5.15. The van der Waals surface area contributed by atoms with Crippen LogP contribution in [-0.2, 0) is 6.18 Å². The Labute approximate surface area is 220 Å². The lowest BCUT2D eigenvalue weighted by atomic mass is 9.99. The van der Waals surface area contributed by atoms with Gasteiger partial charge < -0.3 is 20.9 Å². The molecular weight excluding hydrogens is 526 g/mol. The van der Waals surface area contributed by atoms with Crippen LogP contribution in [0.3, 0.4) is 0 Å².